The van der Waals surface area contributed by atoms with Crippen LogP contribution in [0.2, 0.25) is 0 Å². The number of hydrogen-bond donors (Lipinski definition) is 3. The summed E-state index contributed by atoms with van der Waals surface area (Å²) < 4.78 is 0. The van der Waals surface area contributed by atoms with Gasteiger partial charge in [0.15, 0.2) is 0 Å². The van der Waals surface area contributed by atoms with Crippen molar-refractivity contribution in [3.05, 3.63) is 35.9 Å². The summed E-state index contributed by atoms with van der Waals surface area (Å²) in [6.07, 6.45) is 3.86. The molecule has 94 valence electrons. The van der Waals surface area contributed by atoms with Crippen molar-refractivity contribution < 1.29 is 5.21 Å². The van der Waals surface area contributed by atoms with Crippen LogP contribution in [0.1, 0.15) is 31.2 Å². The van der Waals surface area contributed by atoms with Crippen molar-refractivity contribution in [2.45, 2.75) is 32.2 Å². The quantitative estimate of drug-likeness (QED) is 0.212. The van der Waals surface area contributed by atoms with Crippen LogP contribution in [0.3, 0.4) is 0 Å². The van der Waals surface area contributed by atoms with Crippen LogP contribution >= 0.6 is 0 Å². The van der Waals surface area contributed by atoms with Crippen LogP contribution in [0.4, 0.5) is 0 Å². The summed E-state index contributed by atoms with van der Waals surface area (Å²) in [7, 11) is 0. The minimum atomic E-state index is 0.322. The normalized spacial score (nSPS) is 11.6. The molecule has 0 amide bonds. The molecule has 4 nitrogen and oxygen atoms in total. The maximum absolute atomic E-state index is 8.35. The first-order valence-electron chi connectivity index (χ1n) is 6.04. The van der Waals surface area contributed by atoms with Gasteiger partial charge in [-0.3, -0.25) is 0 Å². The van der Waals surface area contributed by atoms with Gasteiger partial charge in [0.1, 0.15) is 5.84 Å². The van der Waals surface area contributed by atoms with Gasteiger partial charge in [0.25, 0.3) is 0 Å². The monoisotopic (exact) mass is 235 g/mol. The first-order chi connectivity index (χ1) is 8.33. The lowest BCUT2D eigenvalue weighted by Gasteiger charge is -2.04. The Kier molecular flexibility index (Phi) is 6.82. The van der Waals surface area contributed by atoms with Gasteiger partial charge in [-0.25, -0.2) is 0 Å². The summed E-state index contributed by atoms with van der Waals surface area (Å²) >= 11 is 0. The summed E-state index contributed by atoms with van der Waals surface area (Å²) in [5.74, 6) is 0.322. The van der Waals surface area contributed by atoms with Gasteiger partial charge in [-0.2, -0.15) is 0 Å². The van der Waals surface area contributed by atoms with Gasteiger partial charge in [-0.1, -0.05) is 41.9 Å². The van der Waals surface area contributed by atoms with E-state index in [1.807, 2.05) is 18.2 Å². The summed E-state index contributed by atoms with van der Waals surface area (Å²) in [6.45, 7) is 1.92. The standard InChI is InChI=1S/C13H21N3O/c14-13(16-17)9-5-2-6-10-15-11-12-7-3-1-4-8-12/h1,3-4,7-8,15,17H,2,5-6,9-11H2,(H2,14,16). The molecule has 17 heavy (non-hydrogen) atoms. The van der Waals surface area contributed by atoms with Crippen molar-refractivity contribution in [2.75, 3.05) is 6.54 Å². The molecule has 0 radical (unpaired) electrons. The van der Waals surface area contributed by atoms with Gasteiger partial charge in [0.2, 0.25) is 0 Å². The lowest BCUT2D eigenvalue weighted by atomic mass is 10.2. The summed E-state index contributed by atoms with van der Waals surface area (Å²) in [5.41, 5.74) is 6.68. The van der Waals surface area contributed by atoms with Gasteiger partial charge in [0.05, 0.1) is 0 Å². The largest absolute Gasteiger partial charge is 0.409 e. The van der Waals surface area contributed by atoms with E-state index >= 15 is 0 Å². The Balaban J connectivity index is 1.95. The molecule has 1 aromatic carbocycles. The van der Waals surface area contributed by atoms with Crippen molar-refractivity contribution in [1.82, 2.24) is 5.32 Å². The Morgan fingerprint density at radius 2 is 1.94 bits per heavy atom. The van der Waals surface area contributed by atoms with Crippen LogP contribution in [-0.2, 0) is 6.54 Å². The summed E-state index contributed by atoms with van der Waals surface area (Å²) in [4.78, 5) is 0. The van der Waals surface area contributed by atoms with Crippen LogP contribution in [-0.4, -0.2) is 17.6 Å². The Bertz CT molecular complexity index is 325. The van der Waals surface area contributed by atoms with E-state index in [4.69, 9.17) is 10.9 Å². The molecule has 1 rings (SSSR count). The average Bonchev–Trinajstić information content (AvgIpc) is 2.38. The third-order valence-corrected chi connectivity index (χ3v) is 2.59. The Labute approximate surface area is 103 Å². The third-order valence-electron chi connectivity index (χ3n) is 2.59. The highest BCUT2D eigenvalue weighted by molar-refractivity contribution is 5.79. The fourth-order valence-electron chi connectivity index (χ4n) is 1.61. The number of amidine groups is 1. The zero-order chi connectivity index (χ0) is 12.3. The topological polar surface area (TPSA) is 70.6 Å². The van der Waals surface area contributed by atoms with Crippen LogP contribution in [0.25, 0.3) is 0 Å². The minimum Gasteiger partial charge on any atom is -0.409 e. The second kappa shape index (κ2) is 8.58. The molecule has 0 bridgehead atoms. The maximum atomic E-state index is 8.35. The number of hydrogen-bond acceptors (Lipinski definition) is 3. The third kappa shape index (κ3) is 6.58. The zero-order valence-electron chi connectivity index (χ0n) is 10.1. The van der Waals surface area contributed by atoms with Crippen LogP contribution in [0, 0.1) is 0 Å². The molecule has 0 saturated heterocycles. The molecule has 0 fully saturated rings. The van der Waals surface area contributed by atoms with Crippen molar-refractivity contribution in [2.24, 2.45) is 10.9 Å². The molecule has 0 aliphatic rings. The molecule has 4 N–H and O–H groups in total. The molecule has 0 unspecified atom stereocenters. The van der Waals surface area contributed by atoms with E-state index < -0.39 is 0 Å². The van der Waals surface area contributed by atoms with Gasteiger partial charge in [0, 0.05) is 13.0 Å². The number of unbranched alkanes of at least 4 members (excludes halogenated alkanes) is 2. The molecule has 0 atom stereocenters. The van der Waals surface area contributed by atoms with E-state index in [1.54, 1.807) is 0 Å². The zero-order valence-corrected chi connectivity index (χ0v) is 10.1. The Morgan fingerprint density at radius 1 is 1.18 bits per heavy atom. The summed E-state index contributed by atoms with van der Waals surface area (Å²) in [6, 6.07) is 10.4. The molecule has 0 aromatic heterocycles. The molecular formula is C13H21N3O. The van der Waals surface area contributed by atoms with E-state index in [-0.39, 0.29) is 0 Å². The molecule has 0 spiro atoms. The Morgan fingerprint density at radius 3 is 2.65 bits per heavy atom. The molecule has 0 aliphatic heterocycles. The predicted molar refractivity (Wildman–Crippen MR) is 70.0 cm³/mol. The molecule has 0 saturated carbocycles. The first kappa shape index (κ1) is 13.5. The van der Waals surface area contributed by atoms with Crippen molar-refractivity contribution in [1.29, 1.82) is 0 Å². The molecular weight excluding hydrogens is 214 g/mol. The average molecular weight is 235 g/mol. The van der Waals surface area contributed by atoms with Crippen LogP contribution in [0.5, 0.6) is 0 Å². The van der Waals surface area contributed by atoms with Gasteiger partial charge < -0.3 is 16.3 Å². The lowest BCUT2D eigenvalue weighted by molar-refractivity contribution is 0.316. The highest BCUT2D eigenvalue weighted by Gasteiger charge is 1.94. The highest BCUT2D eigenvalue weighted by atomic mass is 16.4. The Hall–Kier alpha value is -1.55. The second-order valence-electron chi connectivity index (χ2n) is 4.06. The lowest BCUT2D eigenvalue weighted by Crippen LogP contribution is -2.15. The van der Waals surface area contributed by atoms with E-state index in [0.717, 1.165) is 32.4 Å². The van der Waals surface area contributed by atoms with Gasteiger partial charge in [-0.15, -0.1) is 0 Å². The number of nitrogens with two attached hydrogens (primary N) is 1. The number of oxime groups is 1. The molecule has 1 aromatic rings. The predicted octanol–water partition coefficient (Wildman–Crippen LogP) is 2.08. The van der Waals surface area contributed by atoms with Crippen molar-refractivity contribution in [3.8, 4) is 0 Å². The second-order valence-corrected chi connectivity index (χ2v) is 4.06. The molecule has 0 aliphatic carbocycles. The van der Waals surface area contributed by atoms with E-state index in [9.17, 15) is 0 Å². The number of nitrogens with zero attached hydrogens (tertiary/aromatic N) is 1. The fraction of sp³-hybridized carbons (Fsp3) is 0.462. The molecule has 4 heteroatoms. The van der Waals surface area contributed by atoms with Crippen LogP contribution < -0.4 is 11.1 Å². The SMILES string of the molecule is N/C(CCCCCNCc1ccccc1)=N/O. The minimum absolute atomic E-state index is 0.322. The van der Waals surface area contributed by atoms with E-state index in [1.165, 1.54) is 5.56 Å². The number of nitrogens with one attached hydrogen (secondary N) is 1. The van der Waals surface area contributed by atoms with E-state index in [2.05, 4.69) is 22.6 Å². The van der Waals surface area contributed by atoms with Gasteiger partial charge >= 0.3 is 0 Å². The number of benzene rings is 1. The van der Waals surface area contributed by atoms with Gasteiger partial charge in [-0.05, 0) is 24.9 Å². The van der Waals surface area contributed by atoms with Crippen LogP contribution in [0.15, 0.2) is 35.5 Å². The van der Waals surface area contributed by atoms with E-state index in [0.29, 0.717) is 12.3 Å². The number of rotatable bonds is 8. The first-order valence-corrected chi connectivity index (χ1v) is 6.04. The summed E-state index contributed by atoms with van der Waals surface area (Å²) in [5, 5.41) is 14.7. The van der Waals surface area contributed by atoms with Crippen molar-refractivity contribution >= 4 is 5.84 Å². The fourth-order valence-corrected chi connectivity index (χ4v) is 1.61. The maximum Gasteiger partial charge on any atom is 0.139 e. The highest BCUT2D eigenvalue weighted by Crippen LogP contribution is 2.00. The smallest absolute Gasteiger partial charge is 0.139 e. The molecule has 0 heterocycles. The van der Waals surface area contributed by atoms with Crippen molar-refractivity contribution in [3.63, 3.8) is 0 Å².